The van der Waals surface area contributed by atoms with Gasteiger partial charge in [-0.3, -0.25) is 0 Å². The van der Waals surface area contributed by atoms with E-state index in [0.717, 1.165) is 0 Å². The first-order valence-electron chi connectivity index (χ1n) is 11.6. The van der Waals surface area contributed by atoms with Crippen LogP contribution in [0.1, 0.15) is 18.4 Å². The first kappa shape index (κ1) is 25.8. The fourth-order valence-electron chi connectivity index (χ4n) is 3.73. The highest BCUT2D eigenvalue weighted by Gasteiger charge is 2.17. The standard InChI is InChI=1S/C30H24F4O3/c1-2-3-4-17-36-26-16-9-21(27(31)30(26)34)18-37-23-12-7-20(8-13-23)25-15-14-24(28(32)29(25)33)19-5-10-22(35)11-6-19/h2,5-16,35H,1,3-4,17-18H2. The average molecular weight is 509 g/mol. The van der Waals surface area contributed by atoms with Crippen LogP contribution in [-0.2, 0) is 6.61 Å². The minimum Gasteiger partial charge on any atom is -0.508 e. The summed E-state index contributed by atoms with van der Waals surface area (Å²) in [5, 5.41) is 9.40. The number of aromatic hydroxyl groups is 1. The lowest BCUT2D eigenvalue weighted by molar-refractivity contribution is 0.280. The van der Waals surface area contributed by atoms with Gasteiger partial charge in [-0.25, -0.2) is 13.2 Å². The summed E-state index contributed by atoms with van der Waals surface area (Å²) < 4.78 is 69.2. The third-order valence-electron chi connectivity index (χ3n) is 5.76. The Kier molecular flexibility index (Phi) is 8.13. The monoisotopic (exact) mass is 508 g/mol. The summed E-state index contributed by atoms with van der Waals surface area (Å²) >= 11 is 0. The number of rotatable bonds is 10. The number of halogens is 4. The zero-order valence-electron chi connectivity index (χ0n) is 19.8. The fraction of sp³-hybridized carbons (Fsp3) is 0.133. The lowest BCUT2D eigenvalue weighted by atomic mass is 9.98. The number of ether oxygens (including phenoxy) is 2. The summed E-state index contributed by atoms with van der Waals surface area (Å²) in [5.41, 5.74) is 0.988. The Labute approximate surface area is 212 Å². The zero-order chi connectivity index (χ0) is 26.4. The van der Waals surface area contributed by atoms with Gasteiger partial charge in [0.25, 0.3) is 0 Å². The summed E-state index contributed by atoms with van der Waals surface area (Å²) in [5.74, 6) is -3.95. The minimum absolute atomic E-state index is 0.0120. The van der Waals surface area contributed by atoms with E-state index in [-0.39, 0.29) is 41.4 Å². The van der Waals surface area contributed by atoms with Crippen LogP contribution in [0.25, 0.3) is 22.3 Å². The van der Waals surface area contributed by atoms with Crippen LogP contribution in [0.2, 0.25) is 0 Å². The highest BCUT2D eigenvalue weighted by atomic mass is 19.2. The lowest BCUT2D eigenvalue weighted by Gasteiger charge is -2.12. The summed E-state index contributed by atoms with van der Waals surface area (Å²) in [4.78, 5) is 0. The van der Waals surface area contributed by atoms with Crippen LogP contribution in [-0.4, -0.2) is 11.7 Å². The van der Waals surface area contributed by atoms with Crippen molar-refractivity contribution in [2.24, 2.45) is 0 Å². The molecule has 0 bridgehead atoms. The number of phenolic OH excluding ortho intramolecular Hbond substituents is 1. The molecule has 0 radical (unpaired) electrons. The fourth-order valence-corrected chi connectivity index (χ4v) is 3.73. The van der Waals surface area contributed by atoms with Gasteiger partial charge in [0.05, 0.1) is 6.61 Å². The van der Waals surface area contributed by atoms with Gasteiger partial charge in [-0.15, -0.1) is 6.58 Å². The van der Waals surface area contributed by atoms with Crippen molar-refractivity contribution in [2.45, 2.75) is 19.4 Å². The van der Waals surface area contributed by atoms with E-state index in [9.17, 15) is 22.7 Å². The lowest BCUT2D eigenvalue weighted by Crippen LogP contribution is -2.04. The van der Waals surface area contributed by atoms with Gasteiger partial charge in [0, 0.05) is 16.7 Å². The number of phenols is 1. The van der Waals surface area contributed by atoms with Gasteiger partial charge in [0.15, 0.2) is 23.2 Å². The largest absolute Gasteiger partial charge is 0.508 e. The normalized spacial score (nSPS) is 10.8. The second kappa shape index (κ2) is 11.6. The van der Waals surface area contributed by atoms with Crippen LogP contribution >= 0.6 is 0 Å². The molecule has 0 saturated heterocycles. The predicted molar refractivity (Wildman–Crippen MR) is 135 cm³/mol. The molecule has 4 aromatic rings. The maximum absolute atomic E-state index is 14.9. The van der Waals surface area contributed by atoms with Gasteiger partial charge < -0.3 is 14.6 Å². The van der Waals surface area contributed by atoms with Crippen molar-refractivity contribution in [3.8, 4) is 39.5 Å². The first-order chi connectivity index (χ1) is 17.9. The molecule has 0 heterocycles. The third-order valence-corrected chi connectivity index (χ3v) is 5.76. The van der Waals surface area contributed by atoms with Crippen molar-refractivity contribution in [1.82, 2.24) is 0 Å². The SMILES string of the molecule is C=CCCCOc1ccc(COc2ccc(-c3ccc(-c4ccc(O)cc4)c(F)c3F)cc2)c(F)c1F. The Balaban J connectivity index is 1.44. The van der Waals surface area contributed by atoms with Gasteiger partial charge >= 0.3 is 0 Å². The second-order valence-corrected chi connectivity index (χ2v) is 8.28. The predicted octanol–water partition coefficient (Wildman–Crippen LogP) is 8.21. The average Bonchev–Trinajstić information content (AvgIpc) is 2.91. The number of unbranched alkanes of at least 4 members (excludes halogenated alkanes) is 1. The Hall–Kier alpha value is -4.26. The molecular formula is C30H24F4O3. The van der Waals surface area contributed by atoms with E-state index >= 15 is 0 Å². The molecule has 190 valence electrons. The molecule has 4 rings (SSSR count). The van der Waals surface area contributed by atoms with Gasteiger partial charge in [-0.1, -0.05) is 42.5 Å². The Morgan fingerprint density at radius 2 is 1.27 bits per heavy atom. The van der Waals surface area contributed by atoms with E-state index in [2.05, 4.69) is 6.58 Å². The molecule has 3 nitrogen and oxygen atoms in total. The highest BCUT2D eigenvalue weighted by Crippen LogP contribution is 2.33. The molecule has 0 saturated carbocycles. The molecule has 0 aliphatic heterocycles. The van der Waals surface area contributed by atoms with Crippen LogP contribution in [0.15, 0.2) is 85.5 Å². The molecule has 0 atom stereocenters. The van der Waals surface area contributed by atoms with Crippen LogP contribution < -0.4 is 9.47 Å². The van der Waals surface area contributed by atoms with Crippen LogP contribution in [0.3, 0.4) is 0 Å². The van der Waals surface area contributed by atoms with Crippen molar-refractivity contribution in [1.29, 1.82) is 0 Å². The summed E-state index contributed by atoms with van der Waals surface area (Å²) in [6.45, 7) is 3.61. The smallest absolute Gasteiger partial charge is 0.201 e. The number of hydrogen-bond acceptors (Lipinski definition) is 3. The van der Waals surface area contributed by atoms with E-state index in [1.54, 1.807) is 18.2 Å². The molecular weight excluding hydrogens is 484 g/mol. The third kappa shape index (κ3) is 5.94. The van der Waals surface area contributed by atoms with Crippen molar-refractivity contribution in [2.75, 3.05) is 6.61 Å². The Bertz CT molecular complexity index is 1380. The molecule has 7 heteroatoms. The summed E-state index contributed by atoms with van der Waals surface area (Å²) in [7, 11) is 0. The minimum atomic E-state index is -1.08. The molecule has 0 aromatic heterocycles. The first-order valence-corrected chi connectivity index (χ1v) is 11.6. The molecule has 1 N–H and O–H groups in total. The van der Waals surface area contributed by atoms with Gasteiger partial charge in [-0.2, -0.15) is 4.39 Å². The highest BCUT2D eigenvalue weighted by molar-refractivity contribution is 5.72. The summed E-state index contributed by atoms with van der Waals surface area (Å²) in [6, 6.07) is 17.6. The second-order valence-electron chi connectivity index (χ2n) is 8.28. The molecule has 0 aliphatic carbocycles. The topological polar surface area (TPSA) is 38.7 Å². The van der Waals surface area contributed by atoms with E-state index in [0.29, 0.717) is 29.7 Å². The zero-order valence-corrected chi connectivity index (χ0v) is 19.8. The van der Waals surface area contributed by atoms with Crippen LogP contribution in [0.4, 0.5) is 17.6 Å². The number of hydrogen-bond donors (Lipinski definition) is 1. The van der Waals surface area contributed by atoms with Crippen molar-refractivity contribution in [3.63, 3.8) is 0 Å². The van der Waals surface area contributed by atoms with Crippen molar-refractivity contribution in [3.05, 3.63) is 114 Å². The van der Waals surface area contributed by atoms with Gasteiger partial charge in [-0.05, 0) is 60.4 Å². The van der Waals surface area contributed by atoms with E-state index in [1.165, 1.54) is 60.7 Å². The molecule has 0 spiro atoms. The molecule has 4 aromatic carbocycles. The van der Waals surface area contributed by atoms with Gasteiger partial charge in [0.1, 0.15) is 18.1 Å². The Morgan fingerprint density at radius 1 is 0.676 bits per heavy atom. The molecule has 0 unspecified atom stereocenters. The number of benzene rings is 4. The molecule has 37 heavy (non-hydrogen) atoms. The van der Waals surface area contributed by atoms with Crippen molar-refractivity contribution >= 4 is 0 Å². The maximum Gasteiger partial charge on any atom is 0.201 e. The van der Waals surface area contributed by atoms with E-state index in [1.807, 2.05) is 0 Å². The van der Waals surface area contributed by atoms with E-state index in [4.69, 9.17) is 9.47 Å². The molecule has 0 aliphatic rings. The molecule has 0 amide bonds. The molecule has 0 fully saturated rings. The van der Waals surface area contributed by atoms with Crippen molar-refractivity contribution < 1.29 is 32.1 Å². The number of allylic oxidation sites excluding steroid dienone is 1. The van der Waals surface area contributed by atoms with E-state index < -0.39 is 23.3 Å². The maximum atomic E-state index is 14.9. The van der Waals surface area contributed by atoms with Crippen LogP contribution in [0.5, 0.6) is 17.2 Å². The quantitative estimate of drug-likeness (QED) is 0.133. The van der Waals surface area contributed by atoms with Crippen LogP contribution in [0, 0.1) is 23.3 Å². The summed E-state index contributed by atoms with van der Waals surface area (Å²) in [6.07, 6.45) is 3.07. The Morgan fingerprint density at radius 3 is 1.86 bits per heavy atom. The van der Waals surface area contributed by atoms with Gasteiger partial charge in [0.2, 0.25) is 5.82 Å².